The Morgan fingerprint density at radius 1 is 1.55 bits per heavy atom. The van der Waals surface area contributed by atoms with Gasteiger partial charge in [0.15, 0.2) is 0 Å². The smallest absolute Gasteiger partial charge is 0.0271 e. The fourth-order valence-corrected chi connectivity index (χ4v) is 1.46. The molecule has 0 aliphatic heterocycles. The summed E-state index contributed by atoms with van der Waals surface area (Å²) >= 11 is 5.61. The lowest BCUT2D eigenvalue weighted by Gasteiger charge is -1.98. The monoisotopic (exact) mass is 322 g/mol. The molecule has 58 valence electrons. The molecule has 0 aliphatic rings. The Morgan fingerprint density at radius 2 is 2.27 bits per heavy atom. The maximum atomic E-state index is 3.31. The zero-order valence-electron chi connectivity index (χ0n) is 6.14. The Balaban J connectivity index is 3.06. The summed E-state index contributed by atoms with van der Waals surface area (Å²) in [5.74, 6) is 0. The molecule has 0 atom stereocenters. The van der Waals surface area contributed by atoms with Crippen molar-refractivity contribution in [3.63, 3.8) is 0 Å². The largest absolute Gasteiger partial charge is 0.0614 e. The summed E-state index contributed by atoms with van der Waals surface area (Å²) in [6, 6.07) is 8.44. The van der Waals surface area contributed by atoms with Gasteiger partial charge in [-0.25, -0.2) is 0 Å². The first-order valence-electron chi connectivity index (χ1n) is 3.27. The Hall–Kier alpha value is 0.170. The van der Waals surface area contributed by atoms with E-state index in [1.807, 2.05) is 4.99 Å². The lowest BCUT2D eigenvalue weighted by Crippen LogP contribution is -1.76. The van der Waals surface area contributed by atoms with Gasteiger partial charge in [0.25, 0.3) is 0 Å². The average molecular weight is 323 g/mol. The van der Waals surface area contributed by atoms with Crippen LogP contribution >= 0.6 is 38.5 Å². The van der Waals surface area contributed by atoms with E-state index in [2.05, 4.69) is 69.7 Å². The van der Waals surface area contributed by atoms with E-state index in [4.69, 9.17) is 0 Å². The quantitative estimate of drug-likeness (QED) is 0.682. The van der Waals surface area contributed by atoms with Crippen LogP contribution < -0.4 is 0 Å². The van der Waals surface area contributed by atoms with Crippen LogP contribution in [0.2, 0.25) is 0 Å². The van der Waals surface area contributed by atoms with Gasteiger partial charge in [-0.2, -0.15) is 0 Å². The zero-order chi connectivity index (χ0) is 8.27. The third-order valence-corrected chi connectivity index (χ3v) is 3.64. The number of aryl methyl sites for hydroxylation is 1. The first-order valence-corrected chi connectivity index (χ1v) is 5.26. The lowest BCUT2D eigenvalue weighted by atomic mass is 10.1. The lowest BCUT2D eigenvalue weighted by molar-refractivity contribution is 1.46. The molecule has 0 unspecified atom stereocenters. The molecule has 0 spiro atoms. The number of hydrogen-bond donors (Lipinski definition) is 0. The molecule has 2 heteroatoms. The number of halogens is 2. The SMILES string of the molecule is Cc1cccc(/C(I)=C/Br)c1. The van der Waals surface area contributed by atoms with Gasteiger partial charge in [-0.1, -0.05) is 45.8 Å². The predicted octanol–water partition coefficient (Wildman–Crippen LogP) is 4.12. The van der Waals surface area contributed by atoms with Crippen LogP contribution in [0.5, 0.6) is 0 Å². The van der Waals surface area contributed by atoms with Gasteiger partial charge in [0, 0.05) is 3.58 Å². The average Bonchev–Trinajstić information content (AvgIpc) is 2.03. The van der Waals surface area contributed by atoms with E-state index >= 15 is 0 Å². The van der Waals surface area contributed by atoms with Gasteiger partial charge < -0.3 is 0 Å². The van der Waals surface area contributed by atoms with Crippen molar-refractivity contribution in [2.75, 3.05) is 0 Å². The van der Waals surface area contributed by atoms with Crippen LogP contribution in [-0.2, 0) is 0 Å². The van der Waals surface area contributed by atoms with Crippen molar-refractivity contribution in [1.29, 1.82) is 0 Å². The van der Waals surface area contributed by atoms with Gasteiger partial charge in [0.2, 0.25) is 0 Å². The summed E-state index contributed by atoms with van der Waals surface area (Å²) in [6.45, 7) is 2.10. The highest BCUT2D eigenvalue weighted by Gasteiger charge is 1.94. The van der Waals surface area contributed by atoms with E-state index in [0.717, 1.165) is 0 Å². The first kappa shape index (κ1) is 9.26. The topological polar surface area (TPSA) is 0 Å². The van der Waals surface area contributed by atoms with E-state index in [1.54, 1.807) is 0 Å². The molecule has 0 fully saturated rings. The van der Waals surface area contributed by atoms with Crippen LogP contribution in [0.3, 0.4) is 0 Å². The van der Waals surface area contributed by atoms with E-state index < -0.39 is 0 Å². The van der Waals surface area contributed by atoms with Crippen molar-refractivity contribution in [2.24, 2.45) is 0 Å². The highest BCUT2D eigenvalue weighted by molar-refractivity contribution is 14.1. The van der Waals surface area contributed by atoms with Crippen LogP contribution in [0.4, 0.5) is 0 Å². The number of benzene rings is 1. The molecule has 0 saturated heterocycles. The highest BCUT2D eigenvalue weighted by Crippen LogP contribution is 2.23. The second kappa shape index (κ2) is 4.26. The van der Waals surface area contributed by atoms with Crippen molar-refractivity contribution in [1.82, 2.24) is 0 Å². The summed E-state index contributed by atoms with van der Waals surface area (Å²) in [5.41, 5.74) is 2.56. The van der Waals surface area contributed by atoms with E-state index in [1.165, 1.54) is 14.7 Å². The molecule has 11 heavy (non-hydrogen) atoms. The van der Waals surface area contributed by atoms with E-state index in [0.29, 0.717) is 0 Å². The van der Waals surface area contributed by atoms with Crippen LogP contribution in [0.25, 0.3) is 3.58 Å². The molecule has 0 heterocycles. The Bertz CT molecular complexity index is 279. The summed E-state index contributed by atoms with van der Waals surface area (Å²) in [7, 11) is 0. The van der Waals surface area contributed by atoms with Gasteiger partial charge in [-0.05, 0) is 40.1 Å². The summed E-state index contributed by atoms with van der Waals surface area (Å²) in [5, 5.41) is 0. The van der Waals surface area contributed by atoms with Gasteiger partial charge in [0.05, 0.1) is 0 Å². The number of hydrogen-bond acceptors (Lipinski definition) is 0. The van der Waals surface area contributed by atoms with Crippen molar-refractivity contribution in [3.05, 3.63) is 40.4 Å². The molecule has 1 aromatic rings. The summed E-state index contributed by atoms with van der Waals surface area (Å²) in [6.07, 6.45) is 0. The Morgan fingerprint density at radius 3 is 2.82 bits per heavy atom. The molecular weight excluding hydrogens is 315 g/mol. The molecule has 0 radical (unpaired) electrons. The zero-order valence-corrected chi connectivity index (χ0v) is 9.89. The third kappa shape index (κ3) is 2.60. The second-order valence-electron chi connectivity index (χ2n) is 2.33. The number of rotatable bonds is 1. The molecule has 1 aromatic carbocycles. The van der Waals surface area contributed by atoms with Crippen molar-refractivity contribution < 1.29 is 0 Å². The van der Waals surface area contributed by atoms with Crippen LogP contribution in [0, 0.1) is 6.92 Å². The summed E-state index contributed by atoms with van der Waals surface area (Å²) < 4.78 is 1.23. The molecule has 1 rings (SSSR count). The molecule has 0 amide bonds. The maximum absolute atomic E-state index is 3.31. The molecule has 0 saturated carbocycles. The minimum atomic E-state index is 1.23. The van der Waals surface area contributed by atoms with E-state index in [9.17, 15) is 0 Å². The van der Waals surface area contributed by atoms with Crippen molar-refractivity contribution in [3.8, 4) is 0 Å². The normalized spacial score (nSPS) is 11.7. The fraction of sp³-hybridized carbons (Fsp3) is 0.111. The standard InChI is InChI=1S/C9H8BrI/c1-7-3-2-4-8(5-7)9(11)6-10/h2-6H,1H3/b9-6-. The van der Waals surface area contributed by atoms with Gasteiger partial charge >= 0.3 is 0 Å². The highest BCUT2D eigenvalue weighted by atomic mass is 127. The van der Waals surface area contributed by atoms with Crippen molar-refractivity contribution in [2.45, 2.75) is 6.92 Å². The van der Waals surface area contributed by atoms with Crippen LogP contribution in [0.1, 0.15) is 11.1 Å². The first-order chi connectivity index (χ1) is 5.24. The Kier molecular flexibility index (Phi) is 3.59. The molecule has 0 nitrogen and oxygen atoms in total. The Labute approximate surface area is 89.0 Å². The minimum absolute atomic E-state index is 1.23. The van der Waals surface area contributed by atoms with E-state index in [-0.39, 0.29) is 0 Å². The molecule has 0 N–H and O–H groups in total. The van der Waals surface area contributed by atoms with Crippen LogP contribution in [-0.4, -0.2) is 0 Å². The van der Waals surface area contributed by atoms with Gasteiger partial charge in [0.1, 0.15) is 0 Å². The summed E-state index contributed by atoms with van der Waals surface area (Å²) in [4.78, 5) is 1.93. The second-order valence-corrected chi connectivity index (χ2v) is 3.95. The molecule has 0 bridgehead atoms. The maximum Gasteiger partial charge on any atom is 0.0271 e. The molecular formula is C9H8BrI. The fourth-order valence-electron chi connectivity index (χ4n) is 0.857. The minimum Gasteiger partial charge on any atom is -0.0614 e. The molecule has 0 aromatic heterocycles. The predicted molar refractivity (Wildman–Crippen MR) is 62.1 cm³/mol. The third-order valence-electron chi connectivity index (χ3n) is 1.39. The van der Waals surface area contributed by atoms with Crippen molar-refractivity contribution >= 4 is 42.1 Å². The van der Waals surface area contributed by atoms with Gasteiger partial charge in [-0.15, -0.1) is 0 Å². The van der Waals surface area contributed by atoms with Crippen LogP contribution in [0.15, 0.2) is 29.3 Å². The van der Waals surface area contributed by atoms with Gasteiger partial charge in [-0.3, -0.25) is 0 Å². The molecule has 0 aliphatic carbocycles.